The van der Waals surface area contributed by atoms with E-state index < -0.39 is 5.41 Å². The first kappa shape index (κ1) is 18.6. The summed E-state index contributed by atoms with van der Waals surface area (Å²) >= 11 is 0. The number of hydroxylamine groups is 2. The van der Waals surface area contributed by atoms with Crippen LogP contribution in [0.25, 0.3) is 0 Å². The zero-order chi connectivity index (χ0) is 17.8. The van der Waals surface area contributed by atoms with Crippen LogP contribution in [0.1, 0.15) is 51.2 Å². The third kappa shape index (κ3) is 4.22. The van der Waals surface area contributed by atoms with E-state index in [1.807, 2.05) is 32.9 Å². The SMILES string of the molecule is CC(C)(C)C(=O)ON1CCC(CC=O)(c2ccc(CN)cc2)CC1. The van der Waals surface area contributed by atoms with Crippen molar-refractivity contribution < 1.29 is 14.4 Å². The van der Waals surface area contributed by atoms with E-state index in [0.717, 1.165) is 30.3 Å². The molecule has 1 aromatic rings. The Labute approximate surface area is 144 Å². The normalized spacial score (nSPS) is 18.2. The molecular formula is C19H28N2O3. The smallest absolute Gasteiger partial charge is 0.330 e. The van der Waals surface area contributed by atoms with Crippen molar-refractivity contribution in [1.82, 2.24) is 5.06 Å². The molecule has 0 atom stereocenters. The van der Waals surface area contributed by atoms with Crippen LogP contribution in [0.2, 0.25) is 0 Å². The fourth-order valence-electron chi connectivity index (χ4n) is 3.02. The molecule has 1 aliphatic heterocycles. The summed E-state index contributed by atoms with van der Waals surface area (Å²) in [6.45, 7) is 7.30. The summed E-state index contributed by atoms with van der Waals surface area (Å²) in [7, 11) is 0. The summed E-state index contributed by atoms with van der Waals surface area (Å²) in [5.41, 5.74) is 7.20. The van der Waals surface area contributed by atoms with Crippen molar-refractivity contribution in [2.24, 2.45) is 11.1 Å². The molecule has 132 valence electrons. The zero-order valence-corrected chi connectivity index (χ0v) is 14.9. The summed E-state index contributed by atoms with van der Waals surface area (Å²) in [4.78, 5) is 28.8. The topological polar surface area (TPSA) is 72.6 Å². The van der Waals surface area contributed by atoms with Crippen LogP contribution in [0.15, 0.2) is 24.3 Å². The highest BCUT2D eigenvalue weighted by molar-refractivity contribution is 5.75. The second-order valence-corrected chi connectivity index (χ2v) is 7.61. The number of hydrogen-bond donors (Lipinski definition) is 1. The molecule has 0 unspecified atom stereocenters. The molecule has 1 aromatic carbocycles. The molecule has 0 aromatic heterocycles. The molecule has 0 saturated carbocycles. The molecule has 2 N–H and O–H groups in total. The zero-order valence-electron chi connectivity index (χ0n) is 14.9. The predicted octanol–water partition coefficient (Wildman–Crippen LogP) is 2.57. The van der Waals surface area contributed by atoms with Crippen molar-refractivity contribution in [1.29, 1.82) is 0 Å². The van der Waals surface area contributed by atoms with Crippen molar-refractivity contribution in [3.8, 4) is 0 Å². The van der Waals surface area contributed by atoms with Gasteiger partial charge >= 0.3 is 5.97 Å². The third-order valence-electron chi connectivity index (χ3n) is 4.78. The fraction of sp³-hybridized carbons (Fsp3) is 0.579. The molecule has 0 aliphatic carbocycles. The highest BCUT2D eigenvalue weighted by atomic mass is 16.7. The van der Waals surface area contributed by atoms with E-state index in [1.165, 1.54) is 0 Å². The molecule has 0 spiro atoms. The van der Waals surface area contributed by atoms with Crippen LogP contribution in [0.3, 0.4) is 0 Å². The summed E-state index contributed by atoms with van der Waals surface area (Å²) in [6.07, 6.45) is 3.04. The number of piperidine rings is 1. The van der Waals surface area contributed by atoms with Gasteiger partial charge in [-0.3, -0.25) is 0 Å². The van der Waals surface area contributed by atoms with Gasteiger partial charge in [0.15, 0.2) is 0 Å². The minimum absolute atomic E-state index is 0.181. The van der Waals surface area contributed by atoms with Crippen molar-refractivity contribution in [2.45, 2.75) is 52.0 Å². The quantitative estimate of drug-likeness (QED) is 0.839. The van der Waals surface area contributed by atoms with Gasteiger partial charge in [0.2, 0.25) is 0 Å². The minimum atomic E-state index is -0.518. The van der Waals surface area contributed by atoms with Gasteiger partial charge in [0.05, 0.1) is 5.41 Å². The highest BCUT2D eigenvalue weighted by Crippen LogP contribution is 2.38. The van der Waals surface area contributed by atoms with Crippen molar-refractivity contribution in [3.05, 3.63) is 35.4 Å². The molecule has 0 bridgehead atoms. The lowest BCUT2D eigenvalue weighted by Gasteiger charge is -2.41. The monoisotopic (exact) mass is 332 g/mol. The molecule has 1 saturated heterocycles. The maximum absolute atomic E-state index is 12.0. The van der Waals surface area contributed by atoms with Crippen molar-refractivity contribution in [2.75, 3.05) is 13.1 Å². The molecule has 1 heterocycles. The van der Waals surface area contributed by atoms with Crippen molar-refractivity contribution in [3.63, 3.8) is 0 Å². The van der Waals surface area contributed by atoms with Crippen molar-refractivity contribution >= 4 is 12.3 Å². The Hall–Kier alpha value is -1.72. The summed E-state index contributed by atoms with van der Waals surface area (Å²) in [6, 6.07) is 8.19. The predicted molar refractivity (Wildman–Crippen MR) is 93.0 cm³/mol. The minimum Gasteiger partial charge on any atom is -0.367 e. The molecule has 24 heavy (non-hydrogen) atoms. The first-order valence-electron chi connectivity index (χ1n) is 8.51. The number of rotatable bonds is 5. The lowest BCUT2D eigenvalue weighted by Crippen LogP contribution is -2.45. The summed E-state index contributed by atoms with van der Waals surface area (Å²) < 4.78 is 0. The van der Waals surface area contributed by atoms with Crippen LogP contribution in [0, 0.1) is 5.41 Å². The maximum atomic E-state index is 12.0. The van der Waals surface area contributed by atoms with Gasteiger partial charge in [-0.1, -0.05) is 24.3 Å². The second-order valence-electron chi connectivity index (χ2n) is 7.61. The van der Waals surface area contributed by atoms with Gasteiger partial charge in [0.1, 0.15) is 6.29 Å². The van der Waals surface area contributed by atoms with Gasteiger partial charge in [-0.15, -0.1) is 5.06 Å². The van der Waals surface area contributed by atoms with Crippen LogP contribution in [-0.2, 0) is 26.4 Å². The Morgan fingerprint density at radius 2 is 1.83 bits per heavy atom. The highest BCUT2D eigenvalue weighted by Gasteiger charge is 2.38. The Balaban J connectivity index is 2.08. The van der Waals surface area contributed by atoms with E-state index in [9.17, 15) is 9.59 Å². The Morgan fingerprint density at radius 1 is 1.25 bits per heavy atom. The first-order chi connectivity index (χ1) is 11.3. The molecule has 1 fully saturated rings. The average molecular weight is 332 g/mol. The Bertz CT molecular complexity index is 567. The Morgan fingerprint density at radius 3 is 2.29 bits per heavy atom. The molecular weight excluding hydrogens is 304 g/mol. The maximum Gasteiger partial charge on any atom is 0.330 e. The van der Waals surface area contributed by atoms with E-state index in [2.05, 4.69) is 12.1 Å². The number of nitrogens with zero attached hydrogens (tertiary/aromatic N) is 1. The average Bonchev–Trinajstić information content (AvgIpc) is 2.56. The van der Waals surface area contributed by atoms with Crippen LogP contribution in [0.4, 0.5) is 0 Å². The first-order valence-corrected chi connectivity index (χ1v) is 8.51. The van der Waals surface area contributed by atoms with Crippen LogP contribution in [0.5, 0.6) is 0 Å². The van der Waals surface area contributed by atoms with Crippen LogP contribution >= 0.6 is 0 Å². The van der Waals surface area contributed by atoms with E-state index in [4.69, 9.17) is 10.6 Å². The molecule has 0 amide bonds. The largest absolute Gasteiger partial charge is 0.367 e. The van der Waals surface area contributed by atoms with Crippen LogP contribution in [-0.4, -0.2) is 30.4 Å². The summed E-state index contributed by atoms with van der Waals surface area (Å²) in [5, 5.41) is 1.73. The third-order valence-corrected chi connectivity index (χ3v) is 4.78. The van der Waals surface area contributed by atoms with Crippen LogP contribution < -0.4 is 5.73 Å². The number of nitrogens with two attached hydrogens (primary N) is 1. The lowest BCUT2D eigenvalue weighted by molar-refractivity contribution is -0.207. The van der Waals surface area contributed by atoms with Gasteiger partial charge in [-0.2, -0.15) is 0 Å². The number of carbonyl (C=O) groups is 2. The fourth-order valence-corrected chi connectivity index (χ4v) is 3.02. The number of hydrogen-bond acceptors (Lipinski definition) is 5. The molecule has 5 nitrogen and oxygen atoms in total. The lowest BCUT2D eigenvalue weighted by atomic mass is 9.71. The van der Waals surface area contributed by atoms with Gasteiger partial charge in [0, 0.05) is 31.5 Å². The number of aldehydes is 1. The van der Waals surface area contributed by atoms with Gasteiger partial charge in [-0.05, 0) is 44.7 Å². The molecule has 5 heteroatoms. The number of benzene rings is 1. The van der Waals surface area contributed by atoms with E-state index in [0.29, 0.717) is 26.1 Å². The molecule has 0 radical (unpaired) electrons. The van der Waals surface area contributed by atoms with Gasteiger partial charge in [-0.25, -0.2) is 4.79 Å². The molecule has 2 rings (SSSR count). The standard InChI is InChI=1S/C19H28N2O3/c1-18(2,3)17(23)24-21-11-8-19(9-12-21,10-13-22)16-6-4-15(14-20)5-7-16/h4-7,13H,8-12,14,20H2,1-3H3. The Kier molecular flexibility index (Phi) is 5.78. The second kappa shape index (κ2) is 7.45. The molecule has 1 aliphatic rings. The van der Waals surface area contributed by atoms with Gasteiger partial charge in [0.25, 0.3) is 0 Å². The summed E-state index contributed by atoms with van der Waals surface area (Å²) in [5.74, 6) is -0.224. The van der Waals surface area contributed by atoms with Gasteiger partial charge < -0.3 is 15.4 Å². The van der Waals surface area contributed by atoms with E-state index >= 15 is 0 Å². The van der Waals surface area contributed by atoms with E-state index in [-0.39, 0.29) is 11.4 Å². The van der Waals surface area contributed by atoms with E-state index in [1.54, 1.807) is 5.06 Å². The number of carbonyl (C=O) groups excluding carboxylic acids is 2.